The molecule has 11 nitrogen and oxygen atoms in total. The van der Waals surface area contributed by atoms with E-state index in [0.717, 1.165) is 18.4 Å². The lowest BCUT2D eigenvalue weighted by molar-refractivity contribution is 0.100. The maximum atomic E-state index is 12.0. The second-order valence-electron chi connectivity index (χ2n) is 7.91. The molecule has 2 aromatic heterocycles. The van der Waals surface area contributed by atoms with Crippen LogP contribution >= 0.6 is 0 Å². The zero-order valence-electron chi connectivity index (χ0n) is 18.5. The van der Waals surface area contributed by atoms with Crippen molar-refractivity contribution in [3.8, 4) is 11.4 Å². The van der Waals surface area contributed by atoms with E-state index >= 15 is 0 Å². The molecule has 2 heterocycles. The van der Waals surface area contributed by atoms with E-state index in [2.05, 4.69) is 37.1 Å². The Morgan fingerprint density at radius 1 is 1.21 bits per heavy atom. The Labute approximate surface area is 195 Å². The zero-order valence-corrected chi connectivity index (χ0v) is 18.5. The lowest BCUT2D eigenvalue weighted by Gasteiger charge is -2.30. The molecule has 1 aromatic carbocycles. The SMILES string of the molecule is C=C(C)C(Nc1ncc(C(N)=O)c(Nc2cccc(-c3ncccn3)c2)n1)N(C(=O)O)C1CC1. The van der Waals surface area contributed by atoms with Crippen LogP contribution < -0.4 is 16.4 Å². The fraction of sp³-hybridized carbons (Fsp3) is 0.217. The van der Waals surface area contributed by atoms with Gasteiger partial charge in [0.05, 0.1) is 0 Å². The molecule has 1 saturated carbocycles. The molecule has 2 amide bonds. The zero-order chi connectivity index (χ0) is 24.2. The number of nitrogens with zero attached hydrogens (tertiary/aromatic N) is 5. The van der Waals surface area contributed by atoms with Gasteiger partial charge in [-0.1, -0.05) is 18.7 Å². The molecule has 1 aliphatic rings. The third kappa shape index (κ3) is 5.09. The molecule has 1 aliphatic carbocycles. The molecule has 0 radical (unpaired) electrons. The van der Waals surface area contributed by atoms with E-state index in [4.69, 9.17) is 5.73 Å². The number of nitrogens with one attached hydrogen (secondary N) is 2. The average molecular weight is 460 g/mol. The summed E-state index contributed by atoms with van der Waals surface area (Å²) in [6.07, 6.45) is 4.38. The highest BCUT2D eigenvalue weighted by molar-refractivity contribution is 5.98. The van der Waals surface area contributed by atoms with Crippen molar-refractivity contribution in [2.75, 3.05) is 10.6 Å². The first-order valence-corrected chi connectivity index (χ1v) is 10.6. The minimum Gasteiger partial charge on any atom is -0.465 e. The molecule has 1 atom stereocenters. The van der Waals surface area contributed by atoms with Crippen LogP contribution in [0.1, 0.15) is 30.1 Å². The van der Waals surface area contributed by atoms with Crippen LogP contribution in [0.4, 0.5) is 22.2 Å². The Hall–Kier alpha value is -4.54. The molecular weight excluding hydrogens is 436 g/mol. The monoisotopic (exact) mass is 460 g/mol. The highest BCUT2D eigenvalue weighted by Crippen LogP contribution is 2.31. The molecule has 0 aliphatic heterocycles. The van der Waals surface area contributed by atoms with E-state index in [1.54, 1.807) is 31.5 Å². The number of rotatable bonds is 9. The Morgan fingerprint density at radius 3 is 2.56 bits per heavy atom. The third-order valence-electron chi connectivity index (χ3n) is 5.18. The van der Waals surface area contributed by atoms with Crippen molar-refractivity contribution in [3.05, 3.63) is 66.6 Å². The first-order chi connectivity index (χ1) is 16.3. The predicted molar refractivity (Wildman–Crippen MR) is 126 cm³/mol. The van der Waals surface area contributed by atoms with Gasteiger partial charge in [0.1, 0.15) is 17.5 Å². The van der Waals surface area contributed by atoms with Crippen LogP contribution in [0.15, 0.2) is 61.1 Å². The first-order valence-electron chi connectivity index (χ1n) is 10.6. The summed E-state index contributed by atoms with van der Waals surface area (Å²) < 4.78 is 0. The number of primary amides is 1. The number of amides is 2. The number of carbonyl (C=O) groups is 2. The number of carboxylic acid groups (broad SMARTS) is 1. The summed E-state index contributed by atoms with van der Waals surface area (Å²) in [5.41, 5.74) is 7.58. The lowest BCUT2D eigenvalue weighted by Crippen LogP contribution is -2.46. The summed E-state index contributed by atoms with van der Waals surface area (Å²) >= 11 is 0. The van der Waals surface area contributed by atoms with Gasteiger partial charge in [-0.3, -0.25) is 9.69 Å². The second-order valence-corrected chi connectivity index (χ2v) is 7.91. The molecular formula is C23H24N8O3. The maximum Gasteiger partial charge on any atom is 0.409 e. The number of hydrogen-bond donors (Lipinski definition) is 4. The molecule has 5 N–H and O–H groups in total. The third-order valence-corrected chi connectivity index (χ3v) is 5.18. The van der Waals surface area contributed by atoms with Crippen molar-refractivity contribution >= 4 is 29.5 Å². The molecule has 3 aromatic rings. The van der Waals surface area contributed by atoms with Crippen LogP contribution in [0.2, 0.25) is 0 Å². The first kappa shape index (κ1) is 22.6. The Bertz CT molecular complexity index is 1230. The van der Waals surface area contributed by atoms with Crippen LogP contribution in [-0.4, -0.2) is 54.2 Å². The number of benzene rings is 1. The van der Waals surface area contributed by atoms with Gasteiger partial charge in [0, 0.05) is 35.9 Å². The topological polar surface area (TPSA) is 159 Å². The van der Waals surface area contributed by atoms with Gasteiger partial charge >= 0.3 is 6.09 Å². The van der Waals surface area contributed by atoms with Gasteiger partial charge in [-0.05, 0) is 43.5 Å². The Morgan fingerprint density at radius 2 is 1.94 bits per heavy atom. The Kier molecular flexibility index (Phi) is 6.35. The highest BCUT2D eigenvalue weighted by Gasteiger charge is 2.38. The molecule has 4 rings (SSSR count). The summed E-state index contributed by atoms with van der Waals surface area (Å²) in [6.45, 7) is 5.64. The van der Waals surface area contributed by atoms with Crippen LogP contribution in [0.5, 0.6) is 0 Å². The van der Waals surface area contributed by atoms with Gasteiger partial charge in [0.2, 0.25) is 5.95 Å². The largest absolute Gasteiger partial charge is 0.465 e. The van der Waals surface area contributed by atoms with Crippen molar-refractivity contribution < 1.29 is 14.7 Å². The van der Waals surface area contributed by atoms with Gasteiger partial charge in [-0.15, -0.1) is 0 Å². The number of carbonyl (C=O) groups excluding carboxylic acids is 1. The van der Waals surface area contributed by atoms with Gasteiger partial charge in [0.15, 0.2) is 5.82 Å². The molecule has 1 unspecified atom stereocenters. The van der Waals surface area contributed by atoms with Crippen LogP contribution in [0, 0.1) is 0 Å². The van der Waals surface area contributed by atoms with E-state index in [1.165, 1.54) is 11.1 Å². The molecule has 0 saturated heterocycles. The minimum atomic E-state index is -1.06. The van der Waals surface area contributed by atoms with Gasteiger partial charge in [0.25, 0.3) is 5.91 Å². The smallest absolute Gasteiger partial charge is 0.409 e. The van der Waals surface area contributed by atoms with E-state index < -0.39 is 18.2 Å². The summed E-state index contributed by atoms with van der Waals surface area (Å²) in [6, 6.07) is 8.92. The van der Waals surface area contributed by atoms with Crippen molar-refractivity contribution in [2.45, 2.75) is 32.0 Å². The van der Waals surface area contributed by atoms with Crippen molar-refractivity contribution in [1.29, 1.82) is 0 Å². The average Bonchev–Trinajstić information content (AvgIpc) is 3.64. The van der Waals surface area contributed by atoms with Crippen molar-refractivity contribution in [2.24, 2.45) is 5.73 Å². The summed E-state index contributed by atoms with van der Waals surface area (Å²) in [5, 5.41) is 15.8. The van der Waals surface area contributed by atoms with Crippen molar-refractivity contribution in [1.82, 2.24) is 24.8 Å². The normalized spacial score (nSPS) is 13.6. The van der Waals surface area contributed by atoms with Gasteiger partial charge in [-0.25, -0.2) is 19.7 Å². The second kappa shape index (κ2) is 9.53. The van der Waals surface area contributed by atoms with Gasteiger partial charge < -0.3 is 21.5 Å². The summed E-state index contributed by atoms with van der Waals surface area (Å²) in [4.78, 5) is 42.2. The molecule has 1 fully saturated rings. The maximum absolute atomic E-state index is 12.0. The summed E-state index contributed by atoms with van der Waals surface area (Å²) in [7, 11) is 0. The van der Waals surface area contributed by atoms with E-state index in [1.807, 2.05) is 18.2 Å². The molecule has 0 bridgehead atoms. The number of nitrogens with two attached hydrogens (primary N) is 1. The van der Waals surface area contributed by atoms with Crippen LogP contribution in [0.3, 0.4) is 0 Å². The summed E-state index contributed by atoms with van der Waals surface area (Å²) in [5.74, 6) is 0.127. The van der Waals surface area contributed by atoms with Gasteiger partial charge in [-0.2, -0.15) is 4.98 Å². The fourth-order valence-corrected chi connectivity index (χ4v) is 3.43. The number of anilines is 3. The van der Waals surface area contributed by atoms with Crippen LogP contribution in [0.25, 0.3) is 11.4 Å². The highest BCUT2D eigenvalue weighted by atomic mass is 16.4. The molecule has 0 spiro atoms. The van der Waals surface area contributed by atoms with E-state index in [-0.39, 0.29) is 23.4 Å². The van der Waals surface area contributed by atoms with Crippen LogP contribution in [-0.2, 0) is 0 Å². The number of aromatic nitrogens is 4. The standard InChI is InChI=1S/C23H24N8O3/c1-13(2)21(31(23(33)34)16-7-8-16)30-22-27-12-17(18(24)32)20(29-22)28-15-6-3-5-14(11-15)19-25-9-4-10-26-19/h3-6,9-12,16,21H,1,7-8H2,2H3,(H2,24,32)(H,33,34)(H2,27,28,29,30). The Balaban J connectivity index is 1.63. The lowest BCUT2D eigenvalue weighted by atomic mass is 10.2. The quantitative estimate of drug-likeness (QED) is 0.278. The molecule has 174 valence electrons. The predicted octanol–water partition coefficient (Wildman–Crippen LogP) is 3.23. The van der Waals surface area contributed by atoms with E-state index in [9.17, 15) is 14.7 Å². The van der Waals surface area contributed by atoms with Crippen molar-refractivity contribution in [3.63, 3.8) is 0 Å². The minimum absolute atomic E-state index is 0.0797. The molecule has 34 heavy (non-hydrogen) atoms. The number of hydrogen-bond acceptors (Lipinski definition) is 8. The molecule has 11 heteroatoms. The fourth-order valence-electron chi connectivity index (χ4n) is 3.43. The van der Waals surface area contributed by atoms with E-state index in [0.29, 0.717) is 17.1 Å².